The minimum atomic E-state index is -0.347. The maximum Gasteiger partial charge on any atom is 0.198 e. The predicted octanol–water partition coefficient (Wildman–Crippen LogP) is 3.20. The van der Waals surface area contributed by atoms with Gasteiger partial charge in [0.05, 0.1) is 32.4 Å². The van der Waals surface area contributed by atoms with Gasteiger partial charge in [-0.3, -0.25) is 9.78 Å². The van der Waals surface area contributed by atoms with Gasteiger partial charge in [0.15, 0.2) is 17.3 Å². The minimum Gasteiger partial charge on any atom is -0.507 e. The van der Waals surface area contributed by atoms with Gasteiger partial charge in [-0.15, -0.1) is 0 Å². The average molecular weight is 339 g/mol. The molecule has 128 valence electrons. The molecular weight excluding hydrogens is 322 g/mol. The van der Waals surface area contributed by atoms with Crippen molar-refractivity contribution in [2.45, 2.75) is 0 Å². The highest BCUT2D eigenvalue weighted by Gasteiger charge is 2.16. The molecule has 3 aromatic rings. The van der Waals surface area contributed by atoms with Gasteiger partial charge < -0.3 is 19.3 Å². The van der Waals surface area contributed by atoms with Crippen LogP contribution in [0.25, 0.3) is 10.9 Å². The SMILES string of the molecule is COc1ccc(O)c(C(=O)c2cnc3cc(OC)c(OC)cc3c2)c1. The molecule has 0 amide bonds. The molecule has 0 saturated heterocycles. The van der Waals surface area contributed by atoms with E-state index in [9.17, 15) is 9.90 Å². The first-order valence-corrected chi connectivity index (χ1v) is 7.51. The number of benzene rings is 2. The number of ketones is 1. The summed E-state index contributed by atoms with van der Waals surface area (Å²) in [5.41, 5.74) is 1.17. The lowest BCUT2D eigenvalue weighted by Gasteiger charge is -2.10. The molecule has 1 N–H and O–H groups in total. The Kier molecular flexibility index (Phi) is 4.43. The molecule has 0 fully saturated rings. The zero-order valence-electron chi connectivity index (χ0n) is 14.1. The van der Waals surface area contributed by atoms with Crippen LogP contribution in [0.3, 0.4) is 0 Å². The minimum absolute atomic E-state index is 0.113. The van der Waals surface area contributed by atoms with Crippen LogP contribution < -0.4 is 14.2 Å². The van der Waals surface area contributed by atoms with Crippen LogP contribution in [0.4, 0.5) is 0 Å². The number of nitrogens with zero attached hydrogens (tertiary/aromatic N) is 1. The predicted molar refractivity (Wildman–Crippen MR) is 92.9 cm³/mol. The summed E-state index contributed by atoms with van der Waals surface area (Å²) in [5, 5.41) is 10.7. The molecule has 0 spiro atoms. The smallest absolute Gasteiger partial charge is 0.198 e. The van der Waals surface area contributed by atoms with E-state index in [1.165, 1.54) is 25.4 Å². The van der Waals surface area contributed by atoms with Crippen molar-refractivity contribution in [2.75, 3.05) is 21.3 Å². The van der Waals surface area contributed by atoms with E-state index in [-0.39, 0.29) is 17.1 Å². The quantitative estimate of drug-likeness (QED) is 0.719. The maximum absolute atomic E-state index is 12.7. The van der Waals surface area contributed by atoms with Gasteiger partial charge in [-0.05, 0) is 30.3 Å². The van der Waals surface area contributed by atoms with E-state index in [1.807, 2.05) is 0 Å². The molecule has 0 aliphatic rings. The second kappa shape index (κ2) is 6.68. The van der Waals surface area contributed by atoms with Crippen molar-refractivity contribution in [2.24, 2.45) is 0 Å². The molecule has 2 aromatic carbocycles. The second-order valence-corrected chi connectivity index (χ2v) is 5.34. The fourth-order valence-corrected chi connectivity index (χ4v) is 2.56. The Bertz CT molecular complexity index is 952. The molecule has 0 aliphatic carbocycles. The number of aromatic hydroxyl groups is 1. The number of aromatic nitrogens is 1. The topological polar surface area (TPSA) is 77.9 Å². The summed E-state index contributed by atoms with van der Waals surface area (Å²) >= 11 is 0. The van der Waals surface area contributed by atoms with Crippen LogP contribution in [0.5, 0.6) is 23.0 Å². The Labute approximate surface area is 144 Å². The first kappa shape index (κ1) is 16.6. The first-order chi connectivity index (χ1) is 12.1. The van der Waals surface area contributed by atoms with Crippen molar-refractivity contribution < 1.29 is 24.1 Å². The number of methoxy groups -OCH3 is 3. The van der Waals surface area contributed by atoms with Crippen LogP contribution >= 0.6 is 0 Å². The van der Waals surface area contributed by atoms with E-state index in [4.69, 9.17) is 14.2 Å². The molecule has 0 radical (unpaired) electrons. The van der Waals surface area contributed by atoms with E-state index in [0.717, 1.165) is 5.39 Å². The van der Waals surface area contributed by atoms with Crippen LogP contribution in [0.1, 0.15) is 15.9 Å². The lowest BCUT2D eigenvalue weighted by Crippen LogP contribution is -2.03. The van der Waals surface area contributed by atoms with Gasteiger partial charge >= 0.3 is 0 Å². The third kappa shape index (κ3) is 3.06. The standard InChI is InChI=1S/C19H17NO5/c1-23-13-4-5-16(21)14(8-13)19(22)12-6-11-7-17(24-2)18(25-3)9-15(11)20-10-12/h4-10,21H,1-3H3. The highest BCUT2D eigenvalue weighted by molar-refractivity contribution is 6.12. The first-order valence-electron chi connectivity index (χ1n) is 7.51. The van der Waals surface area contributed by atoms with Gasteiger partial charge in [0, 0.05) is 23.2 Å². The number of carbonyl (C=O) groups is 1. The van der Waals surface area contributed by atoms with Crippen molar-refractivity contribution in [3.63, 3.8) is 0 Å². The van der Waals surface area contributed by atoms with Crippen molar-refractivity contribution in [1.82, 2.24) is 4.98 Å². The lowest BCUT2D eigenvalue weighted by atomic mass is 10.0. The Balaban J connectivity index is 2.08. The highest BCUT2D eigenvalue weighted by Crippen LogP contribution is 2.32. The molecule has 0 atom stereocenters. The Morgan fingerprint density at radius 2 is 1.68 bits per heavy atom. The van der Waals surface area contributed by atoms with E-state index in [2.05, 4.69) is 4.98 Å². The third-order valence-corrected chi connectivity index (χ3v) is 3.90. The number of fused-ring (bicyclic) bond motifs is 1. The van der Waals surface area contributed by atoms with Crippen LogP contribution in [0.15, 0.2) is 42.6 Å². The number of pyridine rings is 1. The average Bonchev–Trinajstić information content (AvgIpc) is 2.66. The zero-order chi connectivity index (χ0) is 18.0. The monoisotopic (exact) mass is 339 g/mol. The number of rotatable bonds is 5. The molecule has 0 aliphatic heterocycles. The lowest BCUT2D eigenvalue weighted by molar-refractivity contribution is 0.103. The summed E-state index contributed by atoms with van der Waals surface area (Å²) in [4.78, 5) is 17.1. The Morgan fingerprint density at radius 1 is 0.960 bits per heavy atom. The number of phenolic OH excluding ortho intramolecular Hbond substituents is 1. The van der Waals surface area contributed by atoms with Gasteiger partial charge in [-0.1, -0.05) is 0 Å². The third-order valence-electron chi connectivity index (χ3n) is 3.90. The van der Waals surface area contributed by atoms with Crippen molar-refractivity contribution in [1.29, 1.82) is 0 Å². The van der Waals surface area contributed by atoms with E-state index < -0.39 is 0 Å². The van der Waals surface area contributed by atoms with Crippen LogP contribution in [-0.2, 0) is 0 Å². The van der Waals surface area contributed by atoms with E-state index in [1.54, 1.807) is 38.5 Å². The van der Waals surface area contributed by atoms with Gasteiger partial charge in [0.25, 0.3) is 0 Å². The number of phenols is 1. The normalized spacial score (nSPS) is 10.5. The van der Waals surface area contributed by atoms with Gasteiger partial charge in [0.1, 0.15) is 11.5 Å². The number of hydrogen-bond acceptors (Lipinski definition) is 6. The molecule has 1 heterocycles. The molecule has 0 bridgehead atoms. The molecule has 25 heavy (non-hydrogen) atoms. The number of carbonyl (C=O) groups excluding carboxylic acids is 1. The van der Waals surface area contributed by atoms with Crippen molar-refractivity contribution in [3.8, 4) is 23.0 Å². The fraction of sp³-hybridized carbons (Fsp3) is 0.158. The molecule has 3 rings (SSSR count). The highest BCUT2D eigenvalue weighted by atomic mass is 16.5. The second-order valence-electron chi connectivity index (χ2n) is 5.34. The van der Waals surface area contributed by atoms with Gasteiger partial charge in [-0.2, -0.15) is 0 Å². The number of ether oxygens (including phenoxy) is 3. The van der Waals surface area contributed by atoms with E-state index in [0.29, 0.717) is 28.3 Å². The van der Waals surface area contributed by atoms with Gasteiger partial charge in [0.2, 0.25) is 0 Å². The molecule has 1 aromatic heterocycles. The summed E-state index contributed by atoms with van der Waals surface area (Å²) in [6, 6.07) is 9.70. The van der Waals surface area contributed by atoms with Crippen molar-refractivity contribution >= 4 is 16.7 Å². The molecule has 0 saturated carbocycles. The Hall–Kier alpha value is -3.28. The van der Waals surface area contributed by atoms with Crippen LogP contribution in [-0.4, -0.2) is 37.2 Å². The summed E-state index contributed by atoms with van der Waals surface area (Å²) < 4.78 is 15.7. The number of hydrogen-bond donors (Lipinski definition) is 1. The summed E-state index contributed by atoms with van der Waals surface area (Å²) in [7, 11) is 4.59. The summed E-state index contributed by atoms with van der Waals surface area (Å²) in [6.45, 7) is 0. The fourth-order valence-electron chi connectivity index (χ4n) is 2.56. The summed E-state index contributed by atoms with van der Waals surface area (Å²) in [5.74, 6) is 1.14. The van der Waals surface area contributed by atoms with Gasteiger partial charge in [-0.25, -0.2) is 0 Å². The zero-order valence-corrected chi connectivity index (χ0v) is 14.1. The molecular formula is C19H17NO5. The molecule has 0 unspecified atom stereocenters. The maximum atomic E-state index is 12.7. The Morgan fingerprint density at radius 3 is 2.36 bits per heavy atom. The van der Waals surface area contributed by atoms with E-state index >= 15 is 0 Å². The van der Waals surface area contributed by atoms with Crippen LogP contribution in [0, 0.1) is 0 Å². The largest absolute Gasteiger partial charge is 0.507 e. The molecule has 6 nitrogen and oxygen atoms in total. The van der Waals surface area contributed by atoms with Crippen LogP contribution in [0.2, 0.25) is 0 Å². The summed E-state index contributed by atoms with van der Waals surface area (Å²) in [6.07, 6.45) is 1.47. The van der Waals surface area contributed by atoms with Crippen molar-refractivity contribution in [3.05, 3.63) is 53.7 Å². The molecule has 6 heteroatoms.